The van der Waals surface area contributed by atoms with Crippen molar-refractivity contribution in [2.24, 2.45) is 11.7 Å². The van der Waals surface area contributed by atoms with Crippen molar-refractivity contribution in [3.63, 3.8) is 0 Å². The fourth-order valence-corrected chi connectivity index (χ4v) is 4.19. The molecular weight excluding hydrogens is 249 g/mol. The summed E-state index contributed by atoms with van der Waals surface area (Å²) in [6.07, 6.45) is 4.91. The van der Waals surface area contributed by atoms with Crippen molar-refractivity contribution in [2.45, 2.75) is 38.0 Å². The van der Waals surface area contributed by atoms with E-state index in [0.717, 1.165) is 16.9 Å². The molecule has 100 valence electrons. The quantitative estimate of drug-likeness (QED) is 0.893. The molecule has 1 aliphatic rings. The van der Waals surface area contributed by atoms with Crippen molar-refractivity contribution >= 4 is 10.8 Å². The summed E-state index contributed by atoms with van der Waals surface area (Å²) in [5, 5.41) is 0. The van der Waals surface area contributed by atoms with Crippen LogP contribution in [0.5, 0.6) is 0 Å². The minimum atomic E-state index is -0.903. The summed E-state index contributed by atoms with van der Waals surface area (Å²) in [5.74, 6) is 1.50. The van der Waals surface area contributed by atoms with Gasteiger partial charge in [-0.1, -0.05) is 18.9 Å². The molecular formula is C14H20FNOS. The van der Waals surface area contributed by atoms with Gasteiger partial charge in [-0.15, -0.1) is 0 Å². The lowest BCUT2D eigenvalue weighted by Crippen LogP contribution is -2.11. The normalized spacial score (nSPS) is 18.1. The highest BCUT2D eigenvalue weighted by molar-refractivity contribution is 7.84. The van der Waals surface area contributed by atoms with Gasteiger partial charge in [-0.05, 0) is 42.0 Å². The highest BCUT2D eigenvalue weighted by Gasteiger charge is 2.18. The van der Waals surface area contributed by atoms with Gasteiger partial charge in [0.05, 0.1) is 0 Å². The first-order valence-corrected chi connectivity index (χ1v) is 8.00. The maximum absolute atomic E-state index is 13.2. The van der Waals surface area contributed by atoms with E-state index in [9.17, 15) is 8.60 Å². The largest absolute Gasteiger partial charge is 0.326 e. The molecule has 0 radical (unpaired) electrons. The Bertz CT molecular complexity index is 430. The molecule has 0 saturated heterocycles. The lowest BCUT2D eigenvalue weighted by atomic mass is 10.1. The van der Waals surface area contributed by atoms with Gasteiger partial charge in [0.25, 0.3) is 0 Å². The van der Waals surface area contributed by atoms with E-state index in [1.54, 1.807) is 6.07 Å². The highest BCUT2D eigenvalue weighted by Crippen LogP contribution is 2.26. The third-order valence-electron chi connectivity index (χ3n) is 3.60. The number of benzene rings is 1. The maximum Gasteiger partial charge on any atom is 0.123 e. The monoisotopic (exact) mass is 269 g/mol. The second kappa shape index (κ2) is 6.43. The number of hydrogen-bond acceptors (Lipinski definition) is 2. The topological polar surface area (TPSA) is 43.1 Å². The summed E-state index contributed by atoms with van der Waals surface area (Å²) in [7, 11) is -0.903. The van der Waals surface area contributed by atoms with Crippen LogP contribution in [0, 0.1) is 11.7 Å². The van der Waals surface area contributed by atoms with E-state index in [-0.39, 0.29) is 5.82 Å². The first-order chi connectivity index (χ1) is 8.69. The fraction of sp³-hybridized carbons (Fsp3) is 0.571. The Hall–Kier alpha value is -0.740. The summed E-state index contributed by atoms with van der Waals surface area (Å²) in [4.78, 5) is 0. The highest BCUT2D eigenvalue weighted by atomic mass is 32.2. The van der Waals surface area contributed by atoms with Gasteiger partial charge in [0, 0.05) is 28.9 Å². The molecule has 2 nitrogen and oxygen atoms in total. The number of nitrogens with two attached hydrogens (primary N) is 1. The van der Waals surface area contributed by atoms with Crippen molar-refractivity contribution in [3.05, 3.63) is 35.1 Å². The summed E-state index contributed by atoms with van der Waals surface area (Å²) < 4.78 is 25.3. The summed E-state index contributed by atoms with van der Waals surface area (Å²) >= 11 is 0. The van der Waals surface area contributed by atoms with Crippen LogP contribution in [-0.4, -0.2) is 9.96 Å². The molecule has 18 heavy (non-hydrogen) atoms. The fourth-order valence-electron chi connectivity index (χ4n) is 2.60. The summed E-state index contributed by atoms with van der Waals surface area (Å²) in [5.41, 5.74) is 7.32. The predicted molar refractivity (Wildman–Crippen MR) is 73.0 cm³/mol. The second-order valence-electron chi connectivity index (χ2n) is 5.02. The third kappa shape index (κ3) is 3.62. The first kappa shape index (κ1) is 13.7. The Kier molecular flexibility index (Phi) is 4.89. The molecule has 0 amide bonds. The first-order valence-electron chi connectivity index (χ1n) is 6.51. The zero-order chi connectivity index (χ0) is 13.0. The van der Waals surface area contributed by atoms with E-state index in [4.69, 9.17) is 5.73 Å². The zero-order valence-corrected chi connectivity index (χ0v) is 11.3. The molecule has 1 aromatic rings. The van der Waals surface area contributed by atoms with Gasteiger partial charge in [-0.3, -0.25) is 4.21 Å². The Morgan fingerprint density at radius 3 is 2.67 bits per heavy atom. The smallest absolute Gasteiger partial charge is 0.123 e. The molecule has 0 bridgehead atoms. The van der Waals surface area contributed by atoms with Gasteiger partial charge in [-0.25, -0.2) is 4.39 Å². The van der Waals surface area contributed by atoms with Gasteiger partial charge in [-0.2, -0.15) is 0 Å². The molecule has 1 fully saturated rings. The summed E-state index contributed by atoms with van der Waals surface area (Å²) in [6, 6.07) is 4.57. The van der Waals surface area contributed by atoms with E-state index >= 15 is 0 Å². The molecule has 1 aromatic carbocycles. The molecule has 1 saturated carbocycles. The van der Waals surface area contributed by atoms with Gasteiger partial charge in [0.2, 0.25) is 0 Å². The van der Waals surface area contributed by atoms with Crippen LogP contribution in [0.1, 0.15) is 36.8 Å². The Labute approximate surface area is 110 Å². The zero-order valence-electron chi connectivity index (χ0n) is 10.5. The average Bonchev–Trinajstić information content (AvgIpc) is 2.82. The Morgan fingerprint density at radius 1 is 1.28 bits per heavy atom. The molecule has 4 heteroatoms. The molecule has 1 atom stereocenters. The van der Waals surface area contributed by atoms with Gasteiger partial charge in [0.15, 0.2) is 0 Å². The molecule has 2 rings (SSSR count). The standard InChI is InChI=1S/C14H20FNOS/c15-14-6-5-12(8-16)13(7-14)10-18(17)9-11-3-1-2-4-11/h5-7,11H,1-4,8-10,16H2. The van der Waals surface area contributed by atoms with Gasteiger partial charge >= 0.3 is 0 Å². The van der Waals surface area contributed by atoms with Crippen molar-refractivity contribution in [3.8, 4) is 0 Å². The van der Waals surface area contributed by atoms with Crippen LogP contribution in [0.4, 0.5) is 4.39 Å². The Morgan fingerprint density at radius 2 is 2.00 bits per heavy atom. The van der Waals surface area contributed by atoms with Crippen LogP contribution in [0.25, 0.3) is 0 Å². The number of hydrogen-bond donors (Lipinski definition) is 1. The molecule has 0 aliphatic heterocycles. The molecule has 0 spiro atoms. The van der Waals surface area contributed by atoms with Crippen molar-refractivity contribution in [1.82, 2.24) is 0 Å². The number of halogens is 1. The van der Waals surface area contributed by atoms with Crippen LogP contribution in [0.15, 0.2) is 18.2 Å². The molecule has 1 aliphatic carbocycles. The molecule has 1 unspecified atom stereocenters. The van der Waals surface area contributed by atoms with E-state index in [0.29, 0.717) is 18.2 Å². The lowest BCUT2D eigenvalue weighted by Gasteiger charge is -2.11. The van der Waals surface area contributed by atoms with Crippen molar-refractivity contribution in [2.75, 3.05) is 5.75 Å². The van der Waals surface area contributed by atoms with Crippen molar-refractivity contribution in [1.29, 1.82) is 0 Å². The van der Waals surface area contributed by atoms with E-state index < -0.39 is 10.8 Å². The minimum absolute atomic E-state index is 0.278. The SMILES string of the molecule is NCc1ccc(F)cc1CS(=O)CC1CCCC1. The van der Waals surface area contributed by atoms with Crippen LogP contribution < -0.4 is 5.73 Å². The van der Waals surface area contributed by atoms with Crippen LogP contribution in [0.2, 0.25) is 0 Å². The average molecular weight is 269 g/mol. The minimum Gasteiger partial charge on any atom is -0.326 e. The molecule has 0 heterocycles. The van der Waals surface area contributed by atoms with Gasteiger partial charge in [0.1, 0.15) is 5.82 Å². The van der Waals surface area contributed by atoms with E-state index in [1.165, 1.54) is 37.8 Å². The predicted octanol–water partition coefficient (Wildman–Crippen LogP) is 2.72. The van der Waals surface area contributed by atoms with E-state index in [1.807, 2.05) is 0 Å². The van der Waals surface area contributed by atoms with Crippen LogP contribution >= 0.6 is 0 Å². The van der Waals surface area contributed by atoms with Crippen LogP contribution in [-0.2, 0) is 23.1 Å². The van der Waals surface area contributed by atoms with Crippen LogP contribution in [0.3, 0.4) is 0 Å². The third-order valence-corrected chi connectivity index (χ3v) is 5.08. The lowest BCUT2D eigenvalue weighted by molar-refractivity contribution is 0.604. The second-order valence-corrected chi connectivity index (χ2v) is 6.52. The van der Waals surface area contributed by atoms with Gasteiger partial charge < -0.3 is 5.73 Å². The number of rotatable bonds is 5. The molecule has 0 aromatic heterocycles. The maximum atomic E-state index is 13.2. The summed E-state index contributed by atoms with van der Waals surface area (Å²) in [6.45, 7) is 0.371. The Balaban J connectivity index is 1.99. The van der Waals surface area contributed by atoms with E-state index in [2.05, 4.69) is 0 Å². The molecule has 2 N–H and O–H groups in total. The van der Waals surface area contributed by atoms with Crippen molar-refractivity contribution < 1.29 is 8.60 Å².